The minimum absolute atomic E-state index is 0.103. The Kier molecular flexibility index (Phi) is 5.89. The van der Waals surface area contributed by atoms with E-state index < -0.39 is 0 Å². The summed E-state index contributed by atoms with van der Waals surface area (Å²) >= 11 is 0. The van der Waals surface area contributed by atoms with Crippen molar-refractivity contribution in [3.05, 3.63) is 76.3 Å². The van der Waals surface area contributed by atoms with Crippen LogP contribution in [0.1, 0.15) is 76.0 Å². The SMILES string of the molecule is [C-]#[N+]C1=CC=C(c2nc(C(CC)(CC)CC)cn2-c2ccc(C)cc2CC)C1. The van der Waals surface area contributed by atoms with Crippen molar-refractivity contribution in [2.75, 3.05) is 0 Å². The Balaban J connectivity index is 2.20. The summed E-state index contributed by atoms with van der Waals surface area (Å²) in [5.74, 6) is 0.989. The fraction of sp³-hybridized carbons (Fsp3) is 0.440. The average Bonchev–Trinajstić information content (AvgIpc) is 3.37. The lowest BCUT2D eigenvalue weighted by Crippen LogP contribution is -2.23. The predicted octanol–water partition coefficient (Wildman–Crippen LogP) is 6.80. The average molecular weight is 374 g/mol. The first-order valence-electron chi connectivity index (χ1n) is 10.5. The lowest BCUT2D eigenvalue weighted by atomic mass is 9.77. The minimum atomic E-state index is 0.103. The van der Waals surface area contributed by atoms with Gasteiger partial charge in [-0.05, 0) is 49.8 Å². The zero-order chi connectivity index (χ0) is 20.3. The van der Waals surface area contributed by atoms with E-state index in [1.807, 2.05) is 6.08 Å². The second-order valence-corrected chi connectivity index (χ2v) is 7.78. The molecule has 28 heavy (non-hydrogen) atoms. The lowest BCUT2D eigenvalue weighted by Gasteiger charge is -2.28. The molecular weight excluding hydrogens is 342 g/mol. The van der Waals surface area contributed by atoms with Crippen LogP contribution in [0.4, 0.5) is 0 Å². The summed E-state index contributed by atoms with van der Waals surface area (Å²) in [7, 11) is 0. The van der Waals surface area contributed by atoms with Crippen LogP contribution in [-0.4, -0.2) is 9.55 Å². The molecular formula is C25H31N3. The van der Waals surface area contributed by atoms with E-state index in [2.05, 4.69) is 74.5 Å². The van der Waals surface area contributed by atoms with Gasteiger partial charge >= 0.3 is 0 Å². The maximum atomic E-state index is 7.35. The highest BCUT2D eigenvalue weighted by Crippen LogP contribution is 2.38. The fourth-order valence-corrected chi connectivity index (χ4v) is 4.31. The number of aromatic nitrogens is 2. The van der Waals surface area contributed by atoms with Gasteiger partial charge in [0.05, 0.1) is 18.0 Å². The van der Waals surface area contributed by atoms with E-state index in [-0.39, 0.29) is 5.41 Å². The summed E-state index contributed by atoms with van der Waals surface area (Å²) in [4.78, 5) is 8.82. The summed E-state index contributed by atoms with van der Waals surface area (Å²) in [5.41, 5.74) is 7.02. The van der Waals surface area contributed by atoms with Crippen molar-refractivity contribution in [3.8, 4) is 5.69 Å². The number of benzene rings is 1. The summed E-state index contributed by atoms with van der Waals surface area (Å²) < 4.78 is 2.27. The molecule has 3 heteroatoms. The highest BCUT2D eigenvalue weighted by Gasteiger charge is 2.31. The Labute approximate surface area is 169 Å². The third-order valence-electron chi connectivity index (χ3n) is 6.43. The van der Waals surface area contributed by atoms with E-state index in [0.717, 1.165) is 42.8 Å². The minimum Gasteiger partial charge on any atom is -0.300 e. The number of hydrogen-bond acceptors (Lipinski definition) is 1. The summed E-state index contributed by atoms with van der Waals surface area (Å²) in [5, 5.41) is 0. The highest BCUT2D eigenvalue weighted by atomic mass is 15.1. The zero-order valence-electron chi connectivity index (χ0n) is 17.8. The predicted molar refractivity (Wildman–Crippen MR) is 118 cm³/mol. The first-order valence-corrected chi connectivity index (χ1v) is 10.5. The van der Waals surface area contributed by atoms with Crippen molar-refractivity contribution in [3.63, 3.8) is 0 Å². The van der Waals surface area contributed by atoms with Crippen molar-refractivity contribution in [1.82, 2.24) is 9.55 Å². The number of imidazole rings is 1. The molecule has 0 spiro atoms. The van der Waals surface area contributed by atoms with Gasteiger partial charge in [0, 0.05) is 18.0 Å². The Morgan fingerprint density at radius 1 is 1.11 bits per heavy atom. The fourth-order valence-electron chi connectivity index (χ4n) is 4.31. The van der Waals surface area contributed by atoms with E-state index in [1.54, 1.807) is 0 Å². The molecule has 1 heterocycles. The Hall–Kier alpha value is -2.60. The lowest BCUT2D eigenvalue weighted by molar-refractivity contribution is 0.372. The van der Waals surface area contributed by atoms with Crippen LogP contribution < -0.4 is 0 Å². The molecule has 0 saturated carbocycles. The normalized spacial score (nSPS) is 14.0. The van der Waals surface area contributed by atoms with Crippen molar-refractivity contribution >= 4 is 5.57 Å². The molecule has 1 aliphatic carbocycles. The molecule has 0 radical (unpaired) electrons. The largest absolute Gasteiger partial charge is 0.300 e. The molecule has 1 aliphatic rings. The monoisotopic (exact) mass is 373 g/mol. The molecule has 0 fully saturated rings. The van der Waals surface area contributed by atoms with E-state index in [9.17, 15) is 0 Å². The van der Waals surface area contributed by atoms with Gasteiger partial charge in [-0.2, -0.15) is 0 Å². The van der Waals surface area contributed by atoms with Gasteiger partial charge in [0.15, 0.2) is 5.70 Å². The van der Waals surface area contributed by atoms with Gasteiger partial charge in [0.1, 0.15) is 5.82 Å². The molecule has 0 unspecified atom stereocenters. The molecule has 0 saturated heterocycles. The van der Waals surface area contributed by atoms with Gasteiger partial charge in [-0.15, -0.1) is 0 Å². The molecule has 0 aliphatic heterocycles. The third-order valence-corrected chi connectivity index (χ3v) is 6.43. The molecule has 3 rings (SSSR count). The summed E-state index contributed by atoms with van der Waals surface area (Å²) in [6, 6.07) is 6.67. The first-order chi connectivity index (χ1) is 13.5. The van der Waals surface area contributed by atoms with Crippen LogP contribution in [0.5, 0.6) is 0 Å². The van der Waals surface area contributed by atoms with Crippen LogP contribution in [0.25, 0.3) is 16.1 Å². The van der Waals surface area contributed by atoms with Gasteiger partial charge in [0.25, 0.3) is 0 Å². The molecule has 146 valence electrons. The van der Waals surface area contributed by atoms with Gasteiger partial charge < -0.3 is 0 Å². The first kappa shape index (κ1) is 20.1. The standard InChI is InChI=1S/C25H31N3/c1-7-19-15-18(5)11-14-22(19)28-17-23(25(8-2,9-3)10-4)27-24(28)20-12-13-21(16-20)26-6/h11-15,17H,7-10,16H2,1-5H3. The van der Waals surface area contributed by atoms with Gasteiger partial charge in [-0.25, -0.2) is 9.83 Å². The van der Waals surface area contributed by atoms with Crippen molar-refractivity contribution in [2.45, 2.75) is 72.1 Å². The van der Waals surface area contributed by atoms with Gasteiger partial charge in [0.2, 0.25) is 0 Å². The van der Waals surface area contributed by atoms with Crippen LogP contribution in [-0.2, 0) is 11.8 Å². The molecule has 1 aromatic heterocycles. The summed E-state index contributed by atoms with van der Waals surface area (Å²) in [6.07, 6.45) is 11.2. The van der Waals surface area contributed by atoms with Gasteiger partial charge in [-0.1, -0.05) is 57.5 Å². The topological polar surface area (TPSA) is 22.2 Å². The second-order valence-electron chi connectivity index (χ2n) is 7.78. The van der Waals surface area contributed by atoms with Crippen molar-refractivity contribution in [2.24, 2.45) is 0 Å². The molecule has 2 aromatic rings. The molecule has 3 nitrogen and oxygen atoms in total. The highest BCUT2D eigenvalue weighted by molar-refractivity contribution is 5.71. The van der Waals surface area contributed by atoms with Crippen LogP contribution in [0.3, 0.4) is 0 Å². The second kappa shape index (κ2) is 8.19. The smallest absolute Gasteiger partial charge is 0.169 e. The number of allylic oxidation sites excluding steroid dienone is 3. The maximum absolute atomic E-state index is 7.35. The van der Waals surface area contributed by atoms with E-state index in [0.29, 0.717) is 6.42 Å². The van der Waals surface area contributed by atoms with Crippen LogP contribution in [0.2, 0.25) is 0 Å². The Bertz CT molecular complexity index is 954. The zero-order valence-corrected chi connectivity index (χ0v) is 17.8. The molecule has 0 amide bonds. The summed E-state index contributed by atoms with van der Waals surface area (Å²) in [6.45, 7) is 18.5. The quantitative estimate of drug-likeness (QED) is 0.489. The number of rotatable bonds is 7. The van der Waals surface area contributed by atoms with E-state index in [4.69, 9.17) is 11.6 Å². The van der Waals surface area contributed by atoms with Crippen molar-refractivity contribution in [1.29, 1.82) is 0 Å². The van der Waals surface area contributed by atoms with Crippen LogP contribution in [0, 0.1) is 13.5 Å². The van der Waals surface area contributed by atoms with Crippen LogP contribution >= 0.6 is 0 Å². The molecule has 0 bridgehead atoms. The van der Waals surface area contributed by atoms with E-state index in [1.165, 1.54) is 22.5 Å². The maximum Gasteiger partial charge on any atom is 0.169 e. The number of aryl methyl sites for hydroxylation is 2. The number of nitrogens with zero attached hydrogens (tertiary/aromatic N) is 3. The van der Waals surface area contributed by atoms with Crippen molar-refractivity contribution < 1.29 is 0 Å². The van der Waals surface area contributed by atoms with Crippen LogP contribution in [0.15, 0.2) is 42.2 Å². The molecule has 1 aromatic carbocycles. The Morgan fingerprint density at radius 2 is 1.82 bits per heavy atom. The molecule has 0 atom stereocenters. The van der Waals surface area contributed by atoms with E-state index >= 15 is 0 Å². The third kappa shape index (κ3) is 3.44. The van der Waals surface area contributed by atoms with Gasteiger partial charge in [-0.3, -0.25) is 4.57 Å². The Morgan fingerprint density at radius 3 is 2.39 bits per heavy atom. The molecule has 0 N–H and O–H groups in total. The number of hydrogen-bond donors (Lipinski definition) is 0.